The summed E-state index contributed by atoms with van der Waals surface area (Å²) < 4.78 is 28.0. The van der Waals surface area contributed by atoms with Gasteiger partial charge in [-0.3, -0.25) is 0 Å². The zero-order chi connectivity index (χ0) is 19.0. The van der Waals surface area contributed by atoms with Gasteiger partial charge in [0, 0.05) is 13.1 Å². The van der Waals surface area contributed by atoms with Gasteiger partial charge in [0.1, 0.15) is 23.5 Å². The van der Waals surface area contributed by atoms with Gasteiger partial charge in [-0.2, -0.15) is 5.26 Å². The Morgan fingerprint density at radius 2 is 2.00 bits per heavy atom. The van der Waals surface area contributed by atoms with E-state index in [-0.39, 0.29) is 17.2 Å². The average Bonchev–Trinajstić information content (AvgIpc) is 3.31. The lowest BCUT2D eigenvalue weighted by atomic mass is 10.0. The summed E-state index contributed by atoms with van der Waals surface area (Å²) in [7, 11) is 0. The number of fused-ring (bicyclic) bond motifs is 1. The van der Waals surface area contributed by atoms with Crippen LogP contribution in [-0.4, -0.2) is 23.1 Å². The van der Waals surface area contributed by atoms with Crippen LogP contribution in [0, 0.1) is 29.9 Å². The van der Waals surface area contributed by atoms with Crippen LogP contribution in [0.25, 0.3) is 22.7 Å². The molecule has 1 saturated heterocycles. The third-order valence-electron chi connectivity index (χ3n) is 4.90. The first kappa shape index (κ1) is 17.2. The van der Waals surface area contributed by atoms with Crippen LogP contribution in [0.5, 0.6) is 0 Å². The number of hydrogen-bond acceptors (Lipinski definition) is 3. The van der Waals surface area contributed by atoms with Crippen LogP contribution in [0.2, 0.25) is 0 Å². The third-order valence-corrected chi connectivity index (χ3v) is 4.90. The number of benzene rings is 2. The Morgan fingerprint density at radius 3 is 2.74 bits per heavy atom. The molecule has 4 rings (SSSR count). The second-order valence-corrected chi connectivity index (χ2v) is 6.77. The van der Waals surface area contributed by atoms with Crippen LogP contribution >= 0.6 is 0 Å². The molecule has 27 heavy (non-hydrogen) atoms. The number of nitriles is 1. The molecule has 0 radical (unpaired) electrons. The highest BCUT2D eigenvalue weighted by atomic mass is 19.1. The molecule has 0 unspecified atom stereocenters. The van der Waals surface area contributed by atoms with Crippen LogP contribution in [0.1, 0.15) is 29.8 Å². The van der Waals surface area contributed by atoms with E-state index < -0.39 is 0 Å². The topological polar surface area (TPSA) is 55.7 Å². The van der Waals surface area contributed by atoms with Gasteiger partial charge in [-0.1, -0.05) is 0 Å². The van der Waals surface area contributed by atoms with E-state index >= 15 is 0 Å². The molecule has 1 aliphatic rings. The number of aromatic amines is 1. The minimum atomic E-state index is -0.379. The van der Waals surface area contributed by atoms with E-state index in [4.69, 9.17) is 0 Å². The van der Waals surface area contributed by atoms with Crippen molar-refractivity contribution in [1.29, 1.82) is 5.26 Å². The normalized spacial score (nSPS) is 14.7. The lowest BCUT2D eigenvalue weighted by Gasteiger charge is -2.19. The van der Waals surface area contributed by atoms with E-state index in [0.717, 1.165) is 31.5 Å². The molecule has 1 aromatic heterocycles. The maximum Gasteiger partial charge on any atom is 0.149 e. The SMILES string of the molecule is Cc1cc(N2CCCC2)c(F)cc1/C=C(/C#N)c1nc2ccc(F)cc2[nH]1. The van der Waals surface area contributed by atoms with Gasteiger partial charge in [0.25, 0.3) is 0 Å². The summed E-state index contributed by atoms with van der Waals surface area (Å²) in [6, 6.07) is 9.59. The first-order chi connectivity index (χ1) is 13.0. The molecule has 0 spiro atoms. The first-order valence-electron chi connectivity index (χ1n) is 8.87. The maximum absolute atomic E-state index is 14.6. The van der Waals surface area contributed by atoms with Gasteiger partial charge in [-0.05, 0) is 67.3 Å². The van der Waals surface area contributed by atoms with Crippen LogP contribution < -0.4 is 4.90 Å². The molecule has 1 aliphatic heterocycles. The fraction of sp³-hybridized carbons (Fsp3) is 0.238. The molecule has 0 aliphatic carbocycles. The van der Waals surface area contributed by atoms with E-state index in [1.165, 1.54) is 18.2 Å². The maximum atomic E-state index is 14.6. The molecule has 0 bridgehead atoms. The largest absolute Gasteiger partial charge is 0.369 e. The molecule has 2 heterocycles. The zero-order valence-corrected chi connectivity index (χ0v) is 14.9. The standard InChI is InChI=1S/C21H18F2N4/c1-13-8-20(27-6-2-3-7-27)17(23)10-14(13)9-15(12-24)21-25-18-5-4-16(22)11-19(18)26-21/h4-5,8-11H,2-3,6-7H2,1H3,(H,25,26)/b15-9-. The van der Waals surface area contributed by atoms with Crippen molar-refractivity contribution in [3.8, 4) is 6.07 Å². The highest BCUT2D eigenvalue weighted by Crippen LogP contribution is 2.29. The summed E-state index contributed by atoms with van der Waals surface area (Å²) in [5, 5.41) is 9.55. The quantitative estimate of drug-likeness (QED) is 0.678. The Hall–Kier alpha value is -3.20. The number of imidazole rings is 1. The Bertz CT molecular complexity index is 1090. The van der Waals surface area contributed by atoms with Crippen molar-refractivity contribution in [2.24, 2.45) is 0 Å². The number of allylic oxidation sites excluding steroid dienone is 1. The number of aromatic nitrogens is 2. The predicted octanol–water partition coefficient (Wildman–Crippen LogP) is 4.81. The second-order valence-electron chi connectivity index (χ2n) is 6.77. The van der Waals surface area contributed by atoms with Gasteiger partial charge < -0.3 is 9.88 Å². The number of H-pyrrole nitrogens is 1. The first-order valence-corrected chi connectivity index (χ1v) is 8.87. The van der Waals surface area contributed by atoms with Crippen LogP contribution in [0.3, 0.4) is 0 Å². The summed E-state index contributed by atoms with van der Waals surface area (Å²) in [6.45, 7) is 3.63. The number of aryl methyl sites for hydroxylation is 1. The van der Waals surface area contributed by atoms with E-state index in [0.29, 0.717) is 28.1 Å². The molecule has 6 heteroatoms. The second kappa shape index (κ2) is 6.84. The monoisotopic (exact) mass is 364 g/mol. The van der Waals surface area contributed by atoms with E-state index in [9.17, 15) is 14.0 Å². The van der Waals surface area contributed by atoms with Gasteiger partial charge >= 0.3 is 0 Å². The van der Waals surface area contributed by atoms with Crippen LogP contribution in [-0.2, 0) is 0 Å². The molecule has 2 aromatic carbocycles. The summed E-state index contributed by atoms with van der Waals surface area (Å²) in [5.41, 5.74) is 3.47. The zero-order valence-electron chi connectivity index (χ0n) is 14.9. The van der Waals surface area contributed by atoms with Crippen molar-refractivity contribution in [1.82, 2.24) is 9.97 Å². The number of nitrogens with zero attached hydrogens (tertiary/aromatic N) is 3. The highest BCUT2D eigenvalue weighted by Gasteiger charge is 2.18. The Kier molecular flexibility index (Phi) is 4.36. The van der Waals surface area contributed by atoms with Crippen molar-refractivity contribution < 1.29 is 8.78 Å². The minimum Gasteiger partial charge on any atom is -0.369 e. The summed E-state index contributed by atoms with van der Waals surface area (Å²) in [5.74, 6) is -0.338. The molecule has 1 fully saturated rings. The van der Waals surface area contributed by atoms with Gasteiger partial charge in [0.2, 0.25) is 0 Å². The van der Waals surface area contributed by atoms with E-state index in [1.54, 1.807) is 12.1 Å². The van der Waals surface area contributed by atoms with Gasteiger partial charge in [0.05, 0.1) is 22.3 Å². The molecule has 136 valence electrons. The lowest BCUT2D eigenvalue weighted by molar-refractivity contribution is 0.622. The molecule has 0 amide bonds. The van der Waals surface area contributed by atoms with Crippen molar-refractivity contribution in [3.63, 3.8) is 0 Å². The number of halogens is 2. The van der Waals surface area contributed by atoms with Gasteiger partial charge in [-0.25, -0.2) is 13.8 Å². The number of rotatable bonds is 3. The smallest absolute Gasteiger partial charge is 0.149 e. The van der Waals surface area contributed by atoms with Crippen molar-refractivity contribution in [3.05, 3.63) is 58.9 Å². The van der Waals surface area contributed by atoms with Gasteiger partial charge in [-0.15, -0.1) is 0 Å². The van der Waals surface area contributed by atoms with Crippen molar-refractivity contribution >= 4 is 28.4 Å². The Labute approximate surface area is 155 Å². The highest BCUT2D eigenvalue weighted by molar-refractivity contribution is 5.91. The lowest BCUT2D eigenvalue weighted by Crippen LogP contribution is -2.19. The average molecular weight is 364 g/mol. The molecule has 0 saturated carbocycles. The summed E-state index contributed by atoms with van der Waals surface area (Å²) in [6.07, 6.45) is 3.76. The molecule has 1 N–H and O–H groups in total. The fourth-order valence-electron chi connectivity index (χ4n) is 3.46. The molecular formula is C21H18F2N4. The predicted molar refractivity (Wildman–Crippen MR) is 102 cm³/mol. The Morgan fingerprint density at radius 1 is 1.22 bits per heavy atom. The number of nitrogens with one attached hydrogen (secondary N) is 1. The van der Waals surface area contributed by atoms with Crippen LogP contribution in [0.4, 0.5) is 14.5 Å². The number of hydrogen-bond donors (Lipinski definition) is 1. The molecule has 3 aromatic rings. The van der Waals surface area contributed by atoms with E-state index in [1.807, 2.05) is 13.0 Å². The van der Waals surface area contributed by atoms with Gasteiger partial charge in [0.15, 0.2) is 0 Å². The van der Waals surface area contributed by atoms with E-state index in [2.05, 4.69) is 20.9 Å². The van der Waals surface area contributed by atoms with Crippen molar-refractivity contribution in [2.45, 2.75) is 19.8 Å². The van der Waals surface area contributed by atoms with Crippen molar-refractivity contribution in [2.75, 3.05) is 18.0 Å². The molecular weight excluding hydrogens is 346 g/mol. The minimum absolute atomic E-state index is 0.267. The molecule has 4 nitrogen and oxygen atoms in total. The molecule has 0 atom stereocenters. The van der Waals surface area contributed by atoms with Crippen LogP contribution in [0.15, 0.2) is 30.3 Å². The summed E-state index contributed by atoms with van der Waals surface area (Å²) >= 11 is 0. The fourth-order valence-corrected chi connectivity index (χ4v) is 3.46. The Balaban J connectivity index is 1.73. The number of anilines is 1. The third kappa shape index (κ3) is 3.28. The summed E-state index contributed by atoms with van der Waals surface area (Å²) in [4.78, 5) is 9.34.